The maximum atomic E-state index is 12.7. The molecule has 0 saturated heterocycles. The average molecular weight is 483 g/mol. The number of hydrogen-bond acceptors (Lipinski definition) is 7. The Morgan fingerprint density at radius 3 is 2.41 bits per heavy atom. The molecule has 1 heterocycles. The van der Waals surface area contributed by atoms with Crippen LogP contribution in [0, 0.1) is 6.92 Å². The molecular weight excluding hydrogens is 460 g/mol. The van der Waals surface area contributed by atoms with Gasteiger partial charge in [-0.2, -0.15) is 0 Å². The molecule has 34 heavy (non-hydrogen) atoms. The van der Waals surface area contributed by atoms with Gasteiger partial charge in [0, 0.05) is 17.4 Å². The normalized spacial score (nSPS) is 13.1. The summed E-state index contributed by atoms with van der Waals surface area (Å²) in [6.45, 7) is 3.42. The summed E-state index contributed by atoms with van der Waals surface area (Å²) in [5.74, 6) is -0.318. The number of esters is 1. The molecule has 3 aromatic carbocycles. The Morgan fingerprint density at radius 1 is 0.941 bits per heavy atom. The highest BCUT2D eigenvalue weighted by Crippen LogP contribution is 2.34. The molecule has 0 aromatic heterocycles. The van der Waals surface area contributed by atoms with Crippen LogP contribution in [0.25, 0.3) is 0 Å². The maximum Gasteiger partial charge on any atom is 0.338 e. The fourth-order valence-electron chi connectivity index (χ4n) is 3.13. The molecule has 10 heteroatoms. The number of fused-ring (bicyclic) bond motifs is 1. The van der Waals surface area contributed by atoms with Crippen molar-refractivity contribution in [3.63, 3.8) is 0 Å². The van der Waals surface area contributed by atoms with Gasteiger partial charge in [-0.05, 0) is 56.3 Å². The van der Waals surface area contributed by atoms with Gasteiger partial charge in [-0.1, -0.05) is 23.8 Å². The summed E-state index contributed by atoms with van der Waals surface area (Å²) in [7, 11) is -3.93. The number of aryl methyl sites for hydroxylation is 1. The number of hydrogen-bond donors (Lipinski definition) is 2. The minimum absolute atomic E-state index is 0.00508. The Hall–Kier alpha value is -4.05. The van der Waals surface area contributed by atoms with Crippen molar-refractivity contribution >= 4 is 33.3 Å². The van der Waals surface area contributed by atoms with E-state index in [-0.39, 0.29) is 17.3 Å². The standard InChI is InChI=1S/C24H22N2O7S/c1-15-6-8-18(9-7-15)26-34(29,30)20-5-3-4-17(12-20)24(28)33-16(2)23(27)25-19-10-11-21-22(13-19)32-14-31-21/h3-13,16,26H,14H2,1-2H3,(H,25,27). The molecule has 0 radical (unpaired) electrons. The van der Waals surface area contributed by atoms with Crippen LogP contribution in [-0.2, 0) is 19.6 Å². The number of carbonyl (C=O) groups is 2. The van der Waals surface area contributed by atoms with Gasteiger partial charge in [-0.15, -0.1) is 0 Å². The van der Waals surface area contributed by atoms with E-state index in [2.05, 4.69) is 10.0 Å². The molecule has 3 aromatic rings. The molecule has 176 valence electrons. The summed E-state index contributed by atoms with van der Waals surface area (Å²) in [5.41, 5.74) is 1.83. The molecule has 0 fully saturated rings. The molecule has 0 bridgehead atoms. The third-order valence-electron chi connectivity index (χ3n) is 4.98. The quantitative estimate of drug-likeness (QED) is 0.493. The van der Waals surface area contributed by atoms with Gasteiger partial charge in [0.1, 0.15) is 0 Å². The van der Waals surface area contributed by atoms with Gasteiger partial charge in [-0.3, -0.25) is 9.52 Å². The molecule has 4 rings (SSSR count). The smallest absolute Gasteiger partial charge is 0.338 e. The second-order valence-electron chi connectivity index (χ2n) is 7.60. The summed E-state index contributed by atoms with van der Waals surface area (Å²) in [6.07, 6.45) is -1.14. The lowest BCUT2D eigenvalue weighted by atomic mass is 10.2. The molecule has 2 N–H and O–H groups in total. The van der Waals surface area contributed by atoms with Crippen molar-refractivity contribution in [3.05, 3.63) is 77.9 Å². The van der Waals surface area contributed by atoms with E-state index < -0.39 is 28.0 Å². The highest BCUT2D eigenvalue weighted by Gasteiger charge is 2.22. The van der Waals surface area contributed by atoms with Crippen LogP contribution in [0.4, 0.5) is 11.4 Å². The number of ether oxygens (including phenoxy) is 3. The van der Waals surface area contributed by atoms with Gasteiger partial charge in [0.2, 0.25) is 6.79 Å². The zero-order valence-corrected chi connectivity index (χ0v) is 19.2. The van der Waals surface area contributed by atoms with Crippen LogP contribution in [-0.4, -0.2) is 33.2 Å². The van der Waals surface area contributed by atoms with Crippen molar-refractivity contribution < 1.29 is 32.2 Å². The SMILES string of the molecule is Cc1ccc(NS(=O)(=O)c2cccc(C(=O)OC(C)C(=O)Nc3ccc4c(c3)OCO4)c2)cc1. The van der Waals surface area contributed by atoms with Gasteiger partial charge < -0.3 is 19.5 Å². The average Bonchev–Trinajstić information content (AvgIpc) is 3.28. The molecule has 9 nitrogen and oxygen atoms in total. The third-order valence-corrected chi connectivity index (χ3v) is 6.36. The molecule has 0 saturated carbocycles. The van der Waals surface area contributed by atoms with E-state index in [0.29, 0.717) is 22.9 Å². The number of sulfonamides is 1. The molecule has 1 unspecified atom stereocenters. The fourth-order valence-corrected chi connectivity index (χ4v) is 4.23. The maximum absolute atomic E-state index is 12.7. The predicted molar refractivity (Wildman–Crippen MR) is 125 cm³/mol. The van der Waals surface area contributed by atoms with Crippen molar-refractivity contribution in [2.45, 2.75) is 24.8 Å². The zero-order valence-electron chi connectivity index (χ0n) is 18.4. The van der Waals surface area contributed by atoms with E-state index >= 15 is 0 Å². The third kappa shape index (κ3) is 5.29. The van der Waals surface area contributed by atoms with Crippen molar-refractivity contribution in [1.29, 1.82) is 0 Å². The van der Waals surface area contributed by atoms with Crippen molar-refractivity contribution in [2.75, 3.05) is 16.8 Å². The Balaban J connectivity index is 1.41. The van der Waals surface area contributed by atoms with Crippen LogP contribution in [0.5, 0.6) is 11.5 Å². The summed E-state index contributed by atoms with van der Waals surface area (Å²) < 4.78 is 43.7. The van der Waals surface area contributed by atoms with Gasteiger partial charge in [0.05, 0.1) is 10.5 Å². The second kappa shape index (κ2) is 9.44. The monoisotopic (exact) mass is 482 g/mol. The van der Waals surface area contributed by atoms with Crippen LogP contribution < -0.4 is 19.5 Å². The first-order valence-electron chi connectivity index (χ1n) is 10.3. The van der Waals surface area contributed by atoms with E-state index in [0.717, 1.165) is 5.56 Å². The summed E-state index contributed by atoms with van der Waals surface area (Å²) in [6, 6.07) is 17.1. The molecule has 1 aliphatic rings. The van der Waals surface area contributed by atoms with Crippen LogP contribution in [0.3, 0.4) is 0 Å². The number of amides is 1. The lowest BCUT2D eigenvalue weighted by Gasteiger charge is -2.14. The number of rotatable bonds is 7. The Kier molecular flexibility index (Phi) is 6.42. The van der Waals surface area contributed by atoms with Crippen LogP contribution in [0.2, 0.25) is 0 Å². The molecule has 0 aliphatic carbocycles. The first-order valence-corrected chi connectivity index (χ1v) is 11.8. The summed E-state index contributed by atoms with van der Waals surface area (Å²) in [5, 5.41) is 2.64. The van der Waals surface area contributed by atoms with E-state index in [1.807, 2.05) is 6.92 Å². The second-order valence-corrected chi connectivity index (χ2v) is 9.29. The van der Waals surface area contributed by atoms with Crippen molar-refractivity contribution in [1.82, 2.24) is 0 Å². The van der Waals surface area contributed by atoms with Gasteiger partial charge in [0.15, 0.2) is 17.6 Å². The molecule has 1 atom stereocenters. The topological polar surface area (TPSA) is 120 Å². The number of benzene rings is 3. The lowest BCUT2D eigenvalue weighted by Crippen LogP contribution is -2.30. The Morgan fingerprint density at radius 2 is 1.65 bits per heavy atom. The van der Waals surface area contributed by atoms with E-state index in [9.17, 15) is 18.0 Å². The molecule has 1 aliphatic heterocycles. The Bertz CT molecular complexity index is 1340. The van der Waals surface area contributed by atoms with E-state index in [1.54, 1.807) is 42.5 Å². The van der Waals surface area contributed by atoms with Crippen molar-refractivity contribution in [3.8, 4) is 11.5 Å². The zero-order chi connectivity index (χ0) is 24.3. The molecule has 1 amide bonds. The first-order chi connectivity index (χ1) is 16.2. The summed E-state index contributed by atoms with van der Waals surface area (Å²) >= 11 is 0. The fraction of sp³-hybridized carbons (Fsp3) is 0.167. The number of nitrogens with one attached hydrogen (secondary N) is 2. The number of anilines is 2. The minimum atomic E-state index is -3.93. The minimum Gasteiger partial charge on any atom is -0.454 e. The van der Waals surface area contributed by atoms with Crippen LogP contribution in [0.1, 0.15) is 22.8 Å². The molecular formula is C24H22N2O7S. The lowest BCUT2D eigenvalue weighted by molar-refractivity contribution is -0.123. The number of carbonyl (C=O) groups excluding carboxylic acids is 2. The van der Waals surface area contributed by atoms with Crippen LogP contribution in [0.15, 0.2) is 71.6 Å². The van der Waals surface area contributed by atoms with E-state index in [1.165, 1.54) is 31.2 Å². The van der Waals surface area contributed by atoms with Gasteiger partial charge in [0.25, 0.3) is 15.9 Å². The molecule has 0 spiro atoms. The highest BCUT2D eigenvalue weighted by atomic mass is 32.2. The highest BCUT2D eigenvalue weighted by molar-refractivity contribution is 7.92. The van der Waals surface area contributed by atoms with Crippen molar-refractivity contribution in [2.24, 2.45) is 0 Å². The van der Waals surface area contributed by atoms with Gasteiger partial charge in [-0.25, -0.2) is 13.2 Å². The first kappa shape index (κ1) is 23.1. The largest absolute Gasteiger partial charge is 0.454 e. The Labute approximate surface area is 196 Å². The summed E-state index contributed by atoms with van der Waals surface area (Å²) in [4.78, 5) is 24.9. The van der Waals surface area contributed by atoms with Crippen LogP contribution >= 0.6 is 0 Å². The van der Waals surface area contributed by atoms with Gasteiger partial charge >= 0.3 is 5.97 Å². The predicted octanol–water partition coefficient (Wildman–Crippen LogP) is 3.71. The van der Waals surface area contributed by atoms with E-state index in [4.69, 9.17) is 14.2 Å².